The molecule has 6 heteroatoms. The summed E-state index contributed by atoms with van der Waals surface area (Å²) in [5.41, 5.74) is 0.199. The first kappa shape index (κ1) is 19.6. The lowest BCUT2D eigenvalue weighted by Gasteiger charge is -2.25. The van der Waals surface area contributed by atoms with E-state index in [2.05, 4.69) is 5.32 Å². The van der Waals surface area contributed by atoms with Crippen LogP contribution in [0, 0.1) is 0 Å². The predicted octanol–water partition coefficient (Wildman–Crippen LogP) is 3.66. The molecule has 4 amide bonds. The fraction of sp³-hybridized carbons (Fsp3) is 0.208. The molecule has 0 aliphatic carbocycles. The van der Waals surface area contributed by atoms with E-state index in [1.54, 1.807) is 11.8 Å². The summed E-state index contributed by atoms with van der Waals surface area (Å²) in [6, 6.07) is 22.1. The number of amides is 4. The normalized spacial score (nSPS) is 18.5. The predicted molar refractivity (Wildman–Crippen MR) is 116 cm³/mol. The Bertz CT molecular complexity index is 1130. The van der Waals surface area contributed by atoms with Crippen LogP contribution in [0.3, 0.4) is 0 Å². The number of hydrogen-bond donors (Lipinski definition) is 1. The number of carbonyl (C=O) groups excluding carboxylic acids is 3. The Balaban J connectivity index is 1.59. The largest absolute Gasteiger partial charge is 0.325 e. The Morgan fingerprint density at radius 3 is 2.33 bits per heavy atom. The second-order valence-electron chi connectivity index (χ2n) is 7.48. The van der Waals surface area contributed by atoms with Crippen LogP contribution in [0.5, 0.6) is 0 Å². The molecule has 0 saturated carbocycles. The molecule has 1 aliphatic rings. The van der Waals surface area contributed by atoms with Gasteiger partial charge in [-0.1, -0.05) is 54.6 Å². The fourth-order valence-corrected chi connectivity index (χ4v) is 3.87. The number of nitrogens with zero attached hydrogens (tertiary/aromatic N) is 2. The van der Waals surface area contributed by atoms with Crippen LogP contribution in [0.15, 0.2) is 72.8 Å². The van der Waals surface area contributed by atoms with Crippen LogP contribution in [0.25, 0.3) is 10.8 Å². The summed E-state index contributed by atoms with van der Waals surface area (Å²) in [6.07, 6.45) is 0. The third-order valence-corrected chi connectivity index (χ3v) is 5.58. The van der Waals surface area contributed by atoms with Crippen LogP contribution in [0.4, 0.5) is 10.5 Å². The number of urea groups is 1. The maximum Gasteiger partial charge on any atom is 0.325 e. The van der Waals surface area contributed by atoms with Crippen molar-refractivity contribution >= 4 is 34.3 Å². The minimum absolute atomic E-state index is 0.309. The van der Waals surface area contributed by atoms with Gasteiger partial charge in [-0.05, 0) is 48.4 Å². The van der Waals surface area contributed by atoms with Crippen molar-refractivity contribution in [2.45, 2.75) is 19.4 Å². The summed E-state index contributed by atoms with van der Waals surface area (Å²) < 4.78 is 0. The van der Waals surface area contributed by atoms with Gasteiger partial charge in [0.2, 0.25) is 5.91 Å². The smallest absolute Gasteiger partial charge is 0.319 e. The summed E-state index contributed by atoms with van der Waals surface area (Å²) in [6.45, 7) is 3.66. The van der Waals surface area contributed by atoms with Crippen molar-refractivity contribution in [3.63, 3.8) is 0 Å². The van der Waals surface area contributed by atoms with E-state index in [-0.39, 0.29) is 12.5 Å². The van der Waals surface area contributed by atoms with Gasteiger partial charge in [0.25, 0.3) is 5.91 Å². The lowest BCUT2D eigenvalue weighted by atomic mass is 9.90. The van der Waals surface area contributed by atoms with Crippen molar-refractivity contribution in [3.8, 4) is 0 Å². The van der Waals surface area contributed by atoms with Gasteiger partial charge in [0.15, 0.2) is 0 Å². The SMILES string of the molecule is CCN(C(=O)CN1C(=O)NC(C)(c2ccc3ccccc3c2)C1=O)c1ccccc1. The first-order valence-corrected chi connectivity index (χ1v) is 9.93. The van der Waals surface area contributed by atoms with Crippen molar-refractivity contribution in [3.05, 3.63) is 78.4 Å². The van der Waals surface area contributed by atoms with Gasteiger partial charge in [0.1, 0.15) is 12.1 Å². The van der Waals surface area contributed by atoms with Crippen LogP contribution in [0.2, 0.25) is 0 Å². The number of para-hydroxylation sites is 1. The van der Waals surface area contributed by atoms with Gasteiger partial charge in [-0.3, -0.25) is 14.5 Å². The molecule has 3 aromatic rings. The summed E-state index contributed by atoms with van der Waals surface area (Å²) in [5, 5.41) is 4.81. The van der Waals surface area contributed by atoms with Crippen LogP contribution in [0.1, 0.15) is 19.4 Å². The van der Waals surface area contributed by atoms with E-state index in [9.17, 15) is 14.4 Å². The highest BCUT2D eigenvalue weighted by atomic mass is 16.2. The molecule has 3 aromatic carbocycles. The van der Waals surface area contributed by atoms with E-state index in [1.807, 2.05) is 79.7 Å². The van der Waals surface area contributed by atoms with Crippen molar-refractivity contribution in [2.24, 2.45) is 0 Å². The number of anilines is 1. The number of likely N-dealkylation sites (N-methyl/N-ethyl adjacent to an activating group) is 1. The third kappa shape index (κ3) is 3.30. The Morgan fingerprint density at radius 1 is 0.967 bits per heavy atom. The molecular formula is C24H23N3O3. The fourth-order valence-electron chi connectivity index (χ4n) is 3.87. The zero-order valence-corrected chi connectivity index (χ0v) is 17.0. The van der Waals surface area contributed by atoms with E-state index in [1.165, 1.54) is 0 Å². The first-order chi connectivity index (χ1) is 14.4. The molecule has 0 radical (unpaired) electrons. The lowest BCUT2D eigenvalue weighted by molar-refractivity contribution is -0.134. The molecule has 0 aromatic heterocycles. The molecule has 4 rings (SSSR count). The Hall–Kier alpha value is -3.67. The Kier molecular flexibility index (Phi) is 4.99. The summed E-state index contributed by atoms with van der Waals surface area (Å²) in [4.78, 5) is 41.3. The van der Waals surface area contributed by atoms with E-state index in [0.29, 0.717) is 12.1 Å². The van der Waals surface area contributed by atoms with E-state index in [0.717, 1.165) is 21.4 Å². The summed E-state index contributed by atoms with van der Waals surface area (Å²) in [7, 11) is 0. The van der Waals surface area contributed by atoms with Crippen molar-refractivity contribution < 1.29 is 14.4 Å². The van der Waals surface area contributed by atoms with Gasteiger partial charge < -0.3 is 10.2 Å². The Labute approximate surface area is 175 Å². The number of nitrogens with one attached hydrogen (secondary N) is 1. The van der Waals surface area contributed by atoms with Crippen molar-refractivity contribution in [2.75, 3.05) is 18.0 Å². The Morgan fingerprint density at radius 2 is 1.63 bits per heavy atom. The lowest BCUT2D eigenvalue weighted by Crippen LogP contribution is -2.44. The van der Waals surface area contributed by atoms with Crippen LogP contribution < -0.4 is 10.2 Å². The molecule has 6 nitrogen and oxygen atoms in total. The molecule has 1 N–H and O–H groups in total. The molecule has 1 unspecified atom stereocenters. The molecule has 1 aliphatic heterocycles. The minimum atomic E-state index is -1.22. The molecule has 1 saturated heterocycles. The van der Waals surface area contributed by atoms with Gasteiger partial charge in [0, 0.05) is 12.2 Å². The average molecular weight is 401 g/mol. The topological polar surface area (TPSA) is 69.7 Å². The highest BCUT2D eigenvalue weighted by Crippen LogP contribution is 2.31. The number of hydrogen-bond acceptors (Lipinski definition) is 3. The molecule has 1 atom stereocenters. The second-order valence-corrected chi connectivity index (χ2v) is 7.48. The quantitative estimate of drug-likeness (QED) is 0.664. The maximum atomic E-state index is 13.2. The van der Waals surface area contributed by atoms with Crippen LogP contribution in [-0.4, -0.2) is 35.8 Å². The standard InChI is InChI=1S/C24H23N3O3/c1-3-26(20-11-5-4-6-12-20)21(28)16-27-22(29)24(2,25-23(27)30)19-14-13-17-9-7-8-10-18(17)15-19/h4-15H,3,16H2,1-2H3,(H,25,30). The van der Waals surface area contributed by atoms with Gasteiger partial charge in [-0.2, -0.15) is 0 Å². The summed E-state index contributed by atoms with van der Waals surface area (Å²) in [5.74, 6) is -0.741. The number of benzene rings is 3. The van der Waals surface area contributed by atoms with Crippen molar-refractivity contribution in [1.82, 2.24) is 10.2 Å². The van der Waals surface area contributed by atoms with E-state index < -0.39 is 17.5 Å². The van der Waals surface area contributed by atoms with Gasteiger partial charge in [-0.15, -0.1) is 0 Å². The van der Waals surface area contributed by atoms with Gasteiger partial charge in [0.05, 0.1) is 0 Å². The molecule has 30 heavy (non-hydrogen) atoms. The van der Waals surface area contributed by atoms with E-state index in [4.69, 9.17) is 0 Å². The highest BCUT2D eigenvalue weighted by molar-refractivity contribution is 6.10. The average Bonchev–Trinajstić information content (AvgIpc) is 2.98. The number of rotatable bonds is 5. The molecule has 152 valence electrons. The van der Waals surface area contributed by atoms with E-state index >= 15 is 0 Å². The maximum absolute atomic E-state index is 13.2. The third-order valence-electron chi connectivity index (χ3n) is 5.58. The minimum Gasteiger partial charge on any atom is -0.319 e. The second kappa shape index (κ2) is 7.63. The summed E-state index contributed by atoms with van der Waals surface area (Å²) >= 11 is 0. The highest BCUT2D eigenvalue weighted by Gasteiger charge is 2.49. The first-order valence-electron chi connectivity index (χ1n) is 9.93. The van der Waals surface area contributed by atoms with Crippen LogP contribution in [-0.2, 0) is 15.1 Å². The zero-order valence-electron chi connectivity index (χ0n) is 17.0. The monoisotopic (exact) mass is 401 g/mol. The van der Waals surface area contributed by atoms with Crippen molar-refractivity contribution in [1.29, 1.82) is 0 Å². The number of carbonyl (C=O) groups is 3. The van der Waals surface area contributed by atoms with Crippen LogP contribution >= 0.6 is 0 Å². The molecule has 1 fully saturated rings. The zero-order chi connectivity index (χ0) is 21.3. The number of imide groups is 1. The molecule has 0 bridgehead atoms. The number of fused-ring (bicyclic) bond motifs is 1. The molecular weight excluding hydrogens is 378 g/mol. The molecule has 1 heterocycles. The van der Waals surface area contributed by atoms with Gasteiger partial charge >= 0.3 is 6.03 Å². The van der Waals surface area contributed by atoms with Gasteiger partial charge in [-0.25, -0.2) is 4.79 Å². The molecule has 0 spiro atoms.